The van der Waals surface area contributed by atoms with Crippen molar-refractivity contribution in [1.29, 1.82) is 0 Å². The van der Waals surface area contributed by atoms with Gasteiger partial charge in [-0.2, -0.15) is 4.31 Å². The predicted octanol–water partition coefficient (Wildman–Crippen LogP) is 0.444. The average Bonchev–Trinajstić information content (AvgIpc) is 3.52. The highest BCUT2D eigenvalue weighted by molar-refractivity contribution is 7.89. The first-order chi connectivity index (χ1) is 12.9. The van der Waals surface area contributed by atoms with E-state index in [1.165, 1.54) is 16.4 Å². The lowest BCUT2D eigenvalue weighted by Crippen LogP contribution is -2.52. The Labute approximate surface area is 159 Å². The van der Waals surface area contributed by atoms with E-state index in [4.69, 9.17) is 4.74 Å². The molecule has 1 heterocycles. The van der Waals surface area contributed by atoms with Gasteiger partial charge in [-0.3, -0.25) is 9.59 Å². The average molecular weight is 395 g/mol. The van der Waals surface area contributed by atoms with Gasteiger partial charge in [0.2, 0.25) is 21.8 Å². The van der Waals surface area contributed by atoms with Crippen LogP contribution in [0.4, 0.5) is 0 Å². The molecule has 8 nitrogen and oxygen atoms in total. The summed E-state index contributed by atoms with van der Waals surface area (Å²) in [6.07, 6.45) is 1.78. The van der Waals surface area contributed by atoms with E-state index < -0.39 is 10.0 Å². The second kappa shape index (κ2) is 8.26. The lowest BCUT2D eigenvalue weighted by Gasteiger charge is -2.34. The number of carbonyl (C=O) groups excluding carboxylic acids is 2. The van der Waals surface area contributed by atoms with Gasteiger partial charge in [-0.05, 0) is 44.0 Å². The number of benzene rings is 1. The number of amides is 2. The van der Waals surface area contributed by atoms with Crippen molar-refractivity contribution < 1.29 is 22.7 Å². The van der Waals surface area contributed by atoms with Crippen LogP contribution in [0.3, 0.4) is 0 Å². The molecule has 0 aromatic heterocycles. The van der Waals surface area contributed by atoms with Gasteiger partial charge in [0, 0.05) is 32.1 Å². The predicted molar refractivity (Wildman–Crippen MR) is 98.7 cm³/mol. The topological polar surface area (TPSA) is 96.0 Å². The molecule has 1 aliphatic carbocycles. The Morgan fingerprint density at radius 2 is 1.74 bits per heavy atom. The maximum absolute atomic E-state index is 12.8. The van der Waals surface area contributed by atoms with E-state index >= 15 is 0 Å². The van der Waals surface area contributed by atoms with Gasteiger partial charge in [0.25, 0.3) is 0 Å². The second-order valence-corrected chi connectivity index (χ2v) is 8.62. The van der Waals surface area contributed by atoms with Crippen LogP contribution >= 0.6 is 0 Å². The number of hydrogen-bond acceptors (Lipinski definition) is 5. The van der Waals surface area contributed by atoms with Crippen molar-refractivity contribution in [3.63, 3.8) is 0 Å². The molecule has 27 heavy (non-hydrogen) atoms. The molecule has 0 unspecified atom stereocenters. The fourth-order valence-electron chi connectivity index (χ4n) is 2.97. The fraction of sp³-hybridized carbons (Fsp3) is 0.556. The van der Waals surface area contributed by atoms with Gasteiger partial charge in [0.15, 0.2) is 0 Å². The molecule has 0 spiro atoms. The highest BCUT2D eigenvalue weighted by atomic mass is 32.2. The number of carbonyl (C=O) groups is 2. The smallest absolute Gasteiger partial charge is 0.243 e. The molecule has 0 bridgehead atoms. The number of piperazine rings is 1. The lowest BCUT2D eigenvalue weighted by atomic mass is 10.3. The van der Waals surface area contributed by atoms with Crippen LogP contribution in [0.15, 0.2) is 29.2 Å². The number of nitrogens with one attached hydrogen (secondary N) is 1. The van der Waals surface area contributed by atoms with Gasteiger partial charge in [-0.15, -0.1) is 0 Å². The summed E-state index contributed by atoms with van der Waals surface area (Å²) in [6.45, 7) is 3.45. The summed E-state index contributed by atoms with van der Waals surface area (Å²) in [5.41, 5.74) is 0. The van der Waals surface area contributed by atoms with Crippen molar-refractivity contribution in [2.24, 2.45) is 5.92 Å². The van der Waals surface area contributed by atoms with Crippen molar-refractivity contribution >= 4 is 21.8 Å². The Morgan fingerprint density at radius 1 is 1.11 bits per heavy atom. The summed E-state index contributed by atoms with van der Waals surface area (Å²) >= 11 is 0. The van der Waals surface area contributed by atoms with Crippen molar-refractivity contribution in [2.45, 2.75) is 24.7 Å². The van der Waals surface area contributed by atoms with Crippen LogP contribution < -0.4 is 10.1 Å². The molecule has 2 fully saturated rings. The molecular formula is C18H25N3O5S. The third-order valence-electron chi connectivity index (χ3n) is 4.73. The van der Waals surface area contributed by atoms with Gasteiger partial charge in [-0.25, -0.2) is 8.42 Å². The van der Waals surface area contributed by atoms with Crippen LogP contribution in [0.25, 0.3) is 0 Å². The van der Waals surface area contributed by atoms with Gasteiger partial charge in [0.1, 0.15) is 5.75 Å². The van der Waals surface area contributed by atoms with E-state index in [1.54, 1.807) is 17.0 Å². The third-order valence-corrected chi connectivity index (χ3v) is 6.64. The summed E-state index contributed by atoms with van der Waals surface area (Å²) in [6, 6.07) is 6.34. The van der Waals surface area contributed by atoms with Gasteiger partial charge >= 0.3 is 0 Å². The Hall–Kier alpha value is -2.13. The SMILES string of the molecule is CCOc1ccc(S(=O)(=O)N2CCN(C(=O)CNC(=O)C3CC3)CC2)cc1. The zero-order chi connectivity index (χ0) is 19.4. The van der Waals surface area contributed by atoms with Gasteiger partial charge < -0.3 is 15.0 Å². The summed E-state index contributed by atoms with van der Waals surface area (Å²) in [5, 5.41) is 2.65. The molecule has 2 amide bonds. The van der Waals surface area contributed by atoms with E-state index in [0.29, 0.717) is 25.4 Å². The minimum absolute atomic E-state index is 0.0268. The molecule has 2 aliphatic rings. The minimum atomic E-state index is -3.60. The molecule has 148 valence electrons. The second-order valence-electron chi connectivity index (χ2n) is 6.68. The molecule has 9 heteroatoms. The minimum Gasteiger partial charge on any atom is -0.494 e. The molecule has 1 aromatic carbocycles. The first-order valence-corrected chi connectivity index (χ1v) is 10.6. The molecule has 1 N–H and O–H groups in total. The standard InChI is InChI=1S/C18H25N3O5S/c1-2-26-15-5-7-16(8-6-15)27(24,25)21-11-9-20(10-12-21)17(22)13-19-18(23)14-3-4-14/h5-8,14H,2-4,9-13H2,1H3,(H,19,23). The van der Waals surface area contributed by atoms with Crippen molar-refractivity contribution in [3.05, 3.63) is 24.3 Å². The number of ether oxygens (including phenoxy) is 1. The monoisotopic (exact) mass is 395 g/mol. The lowest BCUT2D eigenvalue weighted by molar-refractivity contribution is -0.134. The van der Waals surface area contributed by atoms with Crippen LogP contribution in [-0.4, -0.2) is 68.8 Å². The van der Waals surface area contributed by atoms with E-state index in [0.717, 1.165) is 12.8 Å². The summed E-state index contributed by atoms with van der Waals surface area (Å²) in [7, 11) is -3.60. The van der Waals surface area contributed by atoms with E-state index in [-0.39, 0.29) is 42.3 Å². The van der Waals surface area contributed by atoms with Crippen LogP contribution in [0, 0.1) is 5.92 Å². The molecule has 1 saturated carbocycles. The maximum atomic E-state index is 12.8. The Bertz CT molecular complexity index is 782. The van der Waals surface area contributed by atoms with Crippen molar-refractivity contribution in [1.82, 2.24) is 14.5 Å². The Kier molecular flexibility index (Phi) is 6.01. The molecule has 3 rings (SSSR count). The van der Waals surface area contributed by atoms with Crippen molar-refractivity contribution in [2.75, 3.05) is 39.3 Å². The molecular weight excluding hydrogens is 370 g/mol. The molecule has 1 saturated heterocycles. The van der Waals surface area contributed by atoms with E-state index in [9.17, 15) is 18.0 Å². The first-order valence-electron chi connectivity index (χ1n) is 9.20. The third kappa shape index (κ3) is 4.78. The van der Waals surface area contributed by atoms with E-state index in [2.05, 4.69) is 5.32 Å². The highest BCUT2D eigenvalue weighted by Crippen LogP contribution is 2.28. The zero-order valence-corrected chi connectivity index (χ0v) is 16.2. The van der Waals surface area contributed by atoms with Crippen LogP contribution in [0.5, 0.6) is 5.75 Å². The largest absolute Gasteiger partial charge is 0.494 e. The van der Waals surface area contributed by atoms with Crippen LogP contribution in [0.1, 0.15) is 19.8 Å². The maximum Gasteiger partial charge on any atom is 0.243 e. The van der Waals surface area contributed by atoms with Gasteiger partial charge in [0.05, 0.1) is 18.0 Å². The first kappa shape index (κ1) is 19.6. The summed E-state index contributed by atoms with van der Waals surface area (Å²) < 4.78 is 32.2. The van der Waals surface area contributed by atoms with Crippen LogP contribution in [-0.2, 0) is 19.6 Å². The molecule has 1 aliphatic heterocycles. The van der Waals surface area contributed by atoms with Gasteiger partial charge in [-0.1, -0.05) is 0 Å². The van der Waals surface area contributed by atoms with Crippen LogP contribution in [0.2, 0.25) is 0 Å². The number of nitrogens with zero attached hydrogens (tertiary/aromatic N) is 2. The Morgan fingerprint density at radius 3 is 2.30 bits per heavy atom. The Balaban J connectivity index is 1.52. The molecule has 0 atom stereocenters. The quantitative estimate of drug-likeness (QED) is 0.723. The number of rotatable bonds is 7. The number of hydrogen-bond donors (Lipinski definition) is 1. The molecule has 1 aromatic rings. The number of sulfonamides is 1. The zero-order valence-electron chi connectivity index (χ0n) is 15.4. The highest BCUT2D eigenvalue weighted by Gasteiger charge is 2.32. The normalized spacial score (nSPS) is 18.2. The fourth-order valence-corrected chi connectivity index (χ4v) is 4.39. The summed E-state index contributed by atoms with van der Waals surface area (Å²) in [4.78, 5) is 25.6. The summed E-state index contributed by atoms with van der Waals surface area (Å²) in [5.74, 6) is 0.441. The molecule has 0 radical (unpaired) electrons. The van der Waals surface area contributed by atoms with E-state index in [1.807, 2.05) is 6.92 Å². The van der Waals surface area contributed by atoms with Crippen molar-refractivity contribution in [3.8, 4) is 5.75 Å².